The topological polar surface area (TPSA) is 89.4 Å². The molecule has 116 valence electrons. The summed E-state index contributed by atoms with van der Waals surface area (Å²) in [5.41, 5.74) is 11.9. The second-order valence-corrected chi connectivity index (χ2v) is 5.13. The first-order valence-electron chi connectivity index (χ1n) is 6.86. The van der Waals surface area contributed by atoms with Gasteiger partial charge in [-0.1, -0.05) is 19.1 Å². The second-order valence-electron chi connectivity index (χ2n) is 5.13. The number of halogens is 1. The van der Waals surface area contributed by atoms with E-state index in [4.69, 9.17) is 11.5 Å². The van der Waals surface area contributed by atoms with Crippen molar-refractivity contribution >= 4 is 11.8 Å². The van der Waals surface area contributed by atoms with Crippen LogP contribution in [0.25, 0.3) is 0 Å². The summed E-state index contributed by atoms with van der Waals surface area (Å²) in [4.78, 5) is 25.1. The van der Waals surface area contributed by atoms with E-state index in [9.17, 15) is 14.0 Å². The first-order valence-corrected chi connectivity index (χ1v) is 6.86. The molecule has 2 amide bonds. The van der Waals surface area contributed by atoms with Crippen LogP contribution in [0.5, 0.6) is 0 Å². The normalized spacial score (nSPS) is 15.1. The SMILES string of the molecule is CCC(C(N)=O)C(N)N(C)C(=O)C(C)c1ccc(F)cc1. The summed E-state index contributed by atoms with van der Waals surface area (Å²) in [6.45, 7) is 3.50. The van der Waals surface area contributed by atoms with Gasteiger partial charge in [-0.25, -0.2) is 4.39 Å². The predicted octanol–water partition coefficient (Wildman–Crippen LogP) is 1.18. The lowest BCUT2D eigenvalue weighted by molar-refractivity contribution is -0.136. The van der Waals surface area contributed by atoms with Crippen LogP contribution in [0.2, 0.25) is 0 Å². The number of hydrogen-bond donors (Lipinski definition) is 2. The molecule has 0 saturated carbocycles. The summed E-state index contributed by atoms with van der Waals surface area (Å²) in [7, 11) is 1.54. The molecule has 0 bridgehead atoms. The maximum absolute atomic E-state index is 12.9. The fourth-order valence-electron chi connectivity index (χ4n) is 2.23. The van der Waals surface area contributed by atoms with Gasteiger partial charge >= 0.3 is 0 Å². The van der Waals surface area contributed by atoms with E-state index >= 15 is 0 Å². The van der Waals surface area contributed by atoms with E-state index in [1.165, 1.54) is 17.0 Å². The van der Waals surface area contributed by atoms with Crippen molar-refractivity contribution in [3.63, 3.8) is 0 Å². The van der Waals surface area contributed by atoms with Crippen molar-refractivity contribution in [2.45, 2.75) is 32.4 Å². The zero-order chi connectivity index (χ0) is 16.2. The first kappa shape index (κ1) is 17.1. The van der Waals surface area contributed by atoms with Crippen LogP contribution in [0.4, 0.5) is 4.39 Å². The van der Waals surface area contributed by atoms with Crippen LogP contribution in [0, 0.1) is 11.7 Å². The lowest BCUT2D eigenvalue weighted by atomic mass is 9.97. The Kier molecular flexibility index (Phi) is 5.84. The number of primary amides is 1. The Bertz CT molecular complexity index is 504. The molecule has 1 rings (SSSR count). The summed E-state index contributed by atoms with van der Waals surface area (Å²) >= 11 is 0. The van der Waals surface area contributed by atoms with Crippen molar-refractivity contribution in [2.75, 3.05) is 7.05 Å². The number of carbonyl (C=O) groups is 2. The molecule has 1 aromatic carbocycles. The fourth-order valence-corrected chi connectivity index (χ4v) is 2.23. The highest BCUT2D eigenvalue weighted by Gasteiger charge is 2.30. The Morgan fingerprint density at radius 2 is 1.81 bits per heavy atom. The maximum Gasteiger partial charge on any atom is 0.230 e. The largest absolute Gasteiger partial charge is 0.369 e. The molecule has 1 aromatic rings. The minimum atomic E-state index is -0.775. The van der Waals surface area contributed by atoms with Crippen LogP contribution >= 0.6 is 0 Å². The summed E-state index contributed by atoms with van der Waals surface area (Å²) in [6, 6.07) is 5.72. The van der Waals surface area contributed by atoms with E-state index in [2.05, 4.69) is 0 Å². The Balaban J connectivity index is 2.86. The molecule has 6 heteroatoms. The molecule has 21 heavy (non-hydrogen) atoms. The molecule has 0 saturated heterocycles. The molecule has 0 radical (unpaired) electrons. The third-order valence-electron chi connectivity index (χ3n) is 3.75. The smallest absolute Gasteiger partial charge is 0.230 e. The molecular formula is C15H22FN3O2. The Morgan fingerprint density at radius 1 is 1.29 bits per heavy atom. The number of nitrogens with two attached hydrogens (primary N) is 2. The van der Waals surface area contributed by atoms with Gasteiger partial charge in [-0.15, -0.1) is 0 Å². The number of amides is 2. The predicted molar refractivity (Wildman–Crippen MR) is 78.5 cm³/mol. The molecule has 0 spiro atoms. The van der Waals surface area contributed by atoms with Gasteiger partial charge in [0.1, 0.15) is 5.82 Å². The Labute approximate surface area is 124 Å². The van der Waals surface area contributed by atoms with E-state index in [0.717, 1.165) is 0 Å². The van der Waals surface area contributed by atoms with Crippen LogP contribution in [-0.2, 0) is 9.59 Å². The lowest BCUT2D eigenvalue weighted by Gasteiger charge is -2.31. The average molecular weight is 295 g/mol. The van der Waals surface area contributed by atoms with Crippen LogP contribution in [0.1, 0.15) is 31.7 Å². The van der Waals surface area contributed by atoms with Crippen molar-refractivity contribution in [3.05, 3.63) is 35.6 Å². The van der Waals surface area contributed by atoms with Gasteiger partial charge in [0.05, 0.1) is 18.0 Å². The molecule has 3 atom stereocenters. The van der Waals surface area contributed by atoms with Crippen molar-refractivity contribution in [3.8, 4) is 0 Å². The van der Waals surface area contributed by atoms with E-state index in [-0.39, 0.29) is 11.7 Å². The molecule has 0 aliphatic rings. The van der Waals surface area contributed by atoms with E-state index in [1.54, 1.807) is 33.0 Å². The second kappa shape index (κ2) is 7.17. The minimum Gasteiger partial charge on any atom is -0.369 e. The molecule has 0 heterocycles. The summed E-state index contributed by atoms with van der Waals surface area (Å²) in [6.07, 6.45) is -0.318. The quantitative estimate of drug-likeness (QED) is 0.772. The number of benzene rings is 1. The minimum absolute atomic E-state index is 0.242. The van der Waals surface area contributed by atoms with Gasteiger partial charge in [0, 0.05) is 7.05 Å². The van der Waals surface area contributed by atoms with Gasteiger partial charge in [-0.3, -0.25) is 9.59 Å². The van der Waals surface area contributed by atoms with Gasteiger partial charge in [-0.2, -0.15) is 0 Å². The third-order valence-corrected chi connectivity index (χ3v) is 3.75. The molecule has 0 aliphatic carbocycles. The molecule has 5 nitrogen and oxygen atoms in total. The number of hydrogen-bond acceptors (Lipinski definition) is 3. The summed E-state index contributed by atoms with van der Waals surface area (Å²) in [5.74, 6) is -2.21. The zero-order valence-corrected chi connectivity index (χ0v) is 12.5. The third kappa shape index (κ3) is 4.01. The van der Waals surface area contributed by atoms with E-state index in [1.807, 2.05) is 0 Å². The summed E-state index contributed by atoms with van der Waals surface area (Å²) < 4.78 is 12.9. The highest BCUT2D eigenvalue weighted by molar-refractivity contribution is 5.84. The van der Waals surface area contributed by atoms with Gasteiger partial charge in [-0.05, 0) is 31.0 Å². The number of rotatable bonds is 6. The van der Waals surface area contributed by atoms with Crippen LogP contribution in [0.3, 0.4) is 0 Å². The molecule has 0 fully saturated rings. The number of carbonyl (C=O) groups excluding carboxylic acids is 2. The molecule has 0 aliphatic heterocycles. The van der Waals surface area contributed by atoms with Crippen LogP contribution in [0.15, 0.2) is 24.3 Å². The van der Waals surface area contributed by atoms with Crippen molar-refractivity contribution in [1.82, 2.24) is 4.90 Å². The fraction of sp³-hybridized carbons (Fsp3) is 0.467. The maximum atomic E-state index is 12.9. The molecule has 3 unspecified atom stereocenters. The van der Waals surface area contributed by atoms with Gasteiger partial charge < -0.3 is 16.4 Å². The van der Waals surface area contributed by atoms with E-state index < -0.39 is 23.9 Å². The highest BCUT2D eigenvalue weighted by Crippen LogP contribution is 2.20. The van der Waals surface area contributed by atoms with Crippen LogP contribution < -0.4 is 11.5 Å². The average Bonchev–Trinajstić information content (AvgIpc) is 2.46. The Morgan fingerprint density at radius 3 is 2.24 bits per heavy atom. The van der Waals surface area contributed by atoms with Crippen molar-refractivity contribution in [1.29, 1.82) is 0 Å². The van der Waals surface area contributed by atoms with Gasteiger partial charge in [0.15, 0.2) is 0 Å². The first-order chi connectivity index (χ1) is 9.79. The number of nitrogens with zero attached hydrogens (tertiary/aromatic N) is 1. The van der Waals surface area contributed by atoms with Gasteiger partial charge in [0.2, 0.25) is 11.8 Å². The van der Waals surface area contributed by atoms with Crippen LogP contribution in [-0.4, -0.2) is 29.9 Å². The summed E-state index contributed by atoms with van der Waals surface area (Å²) in [5, 5.41) is 0. The molecule has 0 aromatic heterocycles. The number of likely N-dealkylation sites (N-methyl/N-ethyl adjacent to an activating group) is 1. The Hall–Kier alpha value is -1.95. The van der Waals surface area contributed by atoms with Crippen molar-refractivity contribution < 1.29 is 14.0 Å². The van der Waals surface area contributed by atoms with E-state index in [0.29, 0.717) is 12.0 Å². The van der Waals surface area contributed by atoms with Gasteiger partial charge in [0.25, 0.3) is 0 Å². The zero-order valence-electron chi connectivity index (χ0n) is 12.5. The monoisotopic (exact) mass is 295 g/mol. The van der Waals surface area contributed by atoms with Crippen molar-refractivity contribution in [2.24, 2.45) is 17.4 Å². The lowest BCUT2D eigenvalue weighted by Crippen LogP contribution is -2.52. The molecular weight excluding hydrogens is 273 g/mol. The highest BCUT2D eigenvalue weighted by atomic mass is 19.1. The standard InChI is InChI=1S/C15H22FN3O2/c1-4-12(14(18)20)13(17)19(3)15(21)9(2)10-5-7-11(16)8-6-10/h5-9,12-13H,4,17H2,1-3H3,(H2,18,20). The molecule has 4 N–H and O–H groups in total.